The van der Waals surface area contributed by atoms with E-state index in [1.807, 2.05) is 0 Å². The number of aliphatic carboxylic acids is 1. The molecule has 3 heterocycles. The van der Waals surface area contributed by atoms with Crippen molar-refractivity contribution in [1.29, 1.82) is 0 Å². The molecule has 0 radical (unpaired) electrons. The van der Waals surface area contributed by atoms with E-state index in [0.717, 1.165) is 16.7 Å². The number of rotatable bonds is 8. The molecular weight excluding hydrogens is 647 g/mol. The number of thiocarbonyl (C=S) groups is 1. The van der Waals surface area contributed by atoms with Gasteiger partial charge in [0, 0.05) is 5.41 Å². The first-order valence-electron chi connectivity index (χ1n) is 10.7. The van der Waals surface area contributed by atoms with Gasteiger partial charge in [-0.2, -0.15) is 16.8 Å². The van der Waals surface area contributed by atoms with Gasteiger partial charge in [0.15, 0.2) is 11.8 Å². The zero-order valence-electron chi connectivity index (χ0n) is 19.7. The van der Waals surface area contributed by atoms with E-state index < -0.39 is 56.0 Å². The van der Waals surface area contributed by atoms with Gasteiger partial charge in [0.1, 0.15) is 20.4 Å². The highest BCUT2D eigenvalue weighted by molar-refractivity contribution is 8.30. The molecule has 1 aromatic carbocycles. The summed E-state index contributed by atoms with van der Waals surface area (Å²) >= 11 is 7.55. The summed E-state index contributed by atoms with van der Waals surface area (Å²) in [6.07, 6.45) is 2.66. The Kier molecular flexibility index (Phi) is 8.76. The van der Waals surface area contributed by atoms with Crippen LogP contribution in [0.1, 0.15) is 5.56 Å². The number of carboxylic acids is 1. The van der Waals surface area contributed by atoms with Crippen LogP contribution in [0, 0.1) is 0 Å². The molecule has 0 saturated carbocycles. The quantitative estimate of drug-likeness (QED) is 0.258. The fraction of sp³-hybridized carbons (Fsp3) is 0.143. The minimum Gasteiger partial charge on any atom is -0.480 e. The third kappa shape index (κ3) is 6.92. The summed E-state index contributed by atoms with van der Waals surface area (Å²) < 4.78 is 66.0. The van der Waals surface area contributed by atoms with Gasteiger partial charge in [0.05, 0.1) is 15.3 Å². The standard InChI is InChI=1S/C21H17N3O10S6/c25-16(26)8-22-19(28)17(38-21(22)35)20-24(11-40(32,33)34)18(27)14(37-20)6-7-15-23(10-39(29,30)31)13(9-36-15)12-4-2-1-3-5-12/h1-7,9H,8,10-11H2,(H,25,26)(H,29,30,31)(H,32,33,34)/b14-6-,15-7+,20-17-. The molecule has 13 nitrogen and oxygen atoms in total. The summed E-state index contributed by atoms with van der Waals surface area (Å²) in [5.74, 6) is -4.17. The van der Waals surface area contributed by atoms with E-state index in [1.54, 1.807) is 35.7 Å². The number of hydrogen-bond acceptors (Lipinski definition) is 12. The Bertz CT molecular complexity index is 1880. The fourth-order valence-electron chi connectivity index (χ4n) is 3.55. The molecule has 1 aromatic heterocycles. The molecule has 3 N–H and O–H groups in total. The number of thiazole rings is 1. The Morgan fingerprint density at radius 3 is 2.23 bits per heavy atom. The number of carboxylic acid groups (broad SMARTS) is 1. The van der Waals surface area contributed by atoms with Gasteiger partial charge in [-0.25, -0.2) is 0 Å². The molecule has 212 valence electrons. The molecule has 2 aliphatic heterocycles. The molecule has 0 spiro atoms. The number of carbonyl (C=O) groups is 2. The highest BCUT2D eigenvalue weighted by Gasteiger charge is 2.35. The molecule has 1 saturated heterocycles. The van der Waals surface area contributed by atoms with E-state index in [9.17, 15) is 40.3 Å². The second-order valence-electron chi connectivity index (χ2n) is 8.00. The van der Waals surface area contributed by atoms with Crippen molar-refractivity contribution in [1.82, 2.24) is 14.4 Å². The number of carbonyl (C=O) groups excluding carboxylic acids is 1. The summed E-state index contributed by atoms with van der Waals surface area (Å²) in [5, 5.41) is 11.0. The molecule has 40 heavy (non-hydrogen) atoms. The molecular formula is C21H17N3O10S6. The maximum atomic E-state index is 13.2. The zero-order chi connectivity index (χ0) is 29.4. The lowest BCUT2D eigenvalue weighted by molar-refractivity contribution is -0.140. The van der Waals surface area contributed by atoms with Crippen molar-refractivity contribution < 1.29 is 40.6 Å². The number of nitrogens with zero attached hydrogens (tertiary/aromatic N) is 3. The summed E-state index contributed by atoms with van der Waals surface area (Å²) in [6, 6.07) is 8.74. The van der Waals surface area contributed by atoms with Gasteiger partial charge in [-0.05, 0) is 17.7 Å². The van der Waals surface area contributed by atoms with Gasteiger partial charge in [-0.15, -0.1) is 11.3 Å². The fourth-order valence-corrected chi connectivity index (χ4v) is 8.28. The monoisotopic (exact) mass is 663 g/mol. The van der Waals surface area contributed by atoms with Crippen LogP contribution in [0.5, 0.6) is 0 Å². The topological polar surface area (TPSA) is 192 Å². The Hall–Kier alpha value is -2.78. The van der Waals surface area contributed by atoms with Crippen LogP contribution in [0.4, 0.5) is 0 Å². The smallest absolute Gasteiger partial charge is 0.323 e. The normalized spacial score (nSPS) is 19.2. The molecule has 4 rings (SSSR count). The van der Waals surface area contributed by atoms with Crippen LogP contribution in [0.15, 0.2) is 51.6 Å². The van der Waals surface area contributed by atoms with Crippen molar-refractivity contribution >= 4 is 100 Å². The Morgan fingerprint density at radius 1 is 0.975 bits per heavy atom. The predicted octanol–water partition coefficient (Wildman–Crippen LogP) is 0.323. The Labute approximate surface area is 244 Å². The third-order valence-corrected chi connectivity index (χ3v) is 9.95. The third-order valence-electron chi connectivity index (χ3n) is 5.12. The first-order chi connectivity index (χ1) is 18.6. The number of aromatic nitrogens is 1. The first kappa shape index (κ1) is 30.2. The number of thioether (sulfide) groups is 2. The van der Waals surface area contributed by atoms with Crippen molar-refractivity contribution in [2.24, 2.45) is 0 Å². The van der Waals surface area contributed by atoms with Gasteiger partial charge in [-0.1, -0.05) is 66.1 Å². The van der Waals surface area contributed by atoms with Gasteiger partial charge in [0.25, 0.3) is 31.7 Å². The van der Waals surface area contributed by atoms with Crippen LogP contribution < -0.4 is 14.8 Å². The van der Waals surface area contributed by atoms with E-state index in [1.165, 1.54) is 17.1 Å². The van der Waals surface area contributed by atoms with E-state index in [-0.39, 0.29) is 18.4 Å². The molecule has 0 unspecified atom stereocenters. The summed E-state index contributed by atoms with van der Waals surface area (Å²) in [7, 11) is -9.22. The van der Waals surface area contributed by atoms with Crippen LogP contribution in [0.2, 0.25) is 0 Å². The molecule has 2 aliphatic rings. The second kappa shape index (κ2) is 11.6. The molecule has 1 fully saturated rings. The molecule has 0 bridgehead atoms. The van der Waals surface area contributed by atoms with Crippen LogP contribution in [-0.2, 0) is 35.7 Å². The summed E-state index contributed by atoms with van der Waals surface area (Å²) in [6.45, 7) is -0.745. The Morgan fingerprint density at radius 2 is 1.62 bits per heavy atom. The predicted molar refractivity (Wildman–Crippen MR) is 155 cm³/mol. The van der Waals surface area contributed by atoms with Crippen LogP contribution in [0.25, 0.3) is 16.7 Å². The molecule has 2 aromatic rings. The first-order valence-corrected chi connectivity index (χ1v) is 16.8. The number of amides is 1. The number of benzene rings is 1. The van der Waals surface area contributed by atoms with Crippen LogP contribution in [-0.4, -0.2) is 74.0 Å². The summed E-state index contributed by atoms with van der Waals surface area (Å²) in [4.78, 5) is 39.1. The van der Waals surface area contributed by atoms with E-state index in [0.29, 0.717) is 44.0 Å². The van der Waals surface area contributed by atoms with Crippen molar-refractivity contribution in [3.05, 3.63) is 72.0 Å². The zero-order valence-corrected chi connectivity index (χ0v) is 24.6. The van der Waals surface area contributed by atoms with E-state index in [2.05, 4.69) is 0 Å². The van der Waals surface area contributed by atoms with Gasteiger partial charge in [-0.3, -0.25) is 33.0 Å². The lowest BCUT2D eigenvalue weighted by Crippen LogP contribution is -2.36. The van der Waals surface area contributed by atoms with Gasteiger partial charge < -0.3 is 10.0 Å². The minimum absolute atomic E-state index is 0.0878. The molecule has 0 atom stereocenters. The molecule has 19 heteroatoms. The second-order valence-corrected chi connectivity index (χ2v) is 14.4. The molecule has 1 amide bonds. The highest BCUT2D eigenvalue weighted by atomic mass is 32.2. The lowest BCUT2D eigenvalue weighted by Gasteiger charge is -2.21. The lowest BCUT2D eigenvalue weighted by atomic mass is 10.1. The average Bonchev–Trinajstić information content (AvgIpc) is 3.46. The van der Waals surface area contributed by atoms with Crippen molar-refractivity contribution in [2.45, 2.75) is 5.88 Å². The van der Waals surface area contributed by atoms with Crippen LogP contribution >= 0.6 is 47.1 Å². The van der Waals surface area contributed by atoms with Crippen LogP contribution in [0.3, 0.4) is 0 Å². The maximum Gasteiger partial charge on any atom is 0.323 e. The van der Waals surface area contributed by atoms with E-state index >= 15 is 0 Å². The SMILES string of the molecule is O=C(O)CN1C(=O)/C(=c2/s/c(=C\C=C3\SC=C(c4ccccc4)N3CS(=O)(=O)O)c(=O)n2CS(=O)(=O)O)SC1=S. The number of allylic oxidation sites excluding steroid dienone is 1. The van der Waals surface area contributed by atoms with Crippen molar-refractivity contribution in [2.75, 3.05) is 12.4 Å². The average molecular weight is 664 g/mol. The summed E-state index contributed by atoms with van der Waals surface area (Å²) in [5.41, 5.74) is 0.235. The Balaban J connectivity index is 1.85. The van der Waals surface area contributed by atoms with Gasteiger partial charge >= 0.3 is 5.97 Å². The van der Waals surface area contributed by atoms with Crippen molar-refractivity contribution in [3.63, 3.8) is 0 Å². The number of hydrogen-bond donors (Lipinski definition) is 3. The largest absolute Gasteiger partial charge is 0.480 e. The molecule has 0 aliphatic carbocycles. The maximum absolute atomic E-state index is 13.2. The highest BCUT2D eigenvalue weighted by Crippen LogP contribution is 2.39. The minimum atomic E-state index is -4.75. The van der Waals surface area contributed by atoms with E-state index in [4.69, 9.17) is 17.3 Å². The van der Waals surface area contributed by atoms with Gasteiger partial charge in [0.2, 0.25) is 0 Å². The van der Waals surface area contributed by atoms with Crippen molar-refractivity contribution in [3.8, 4) is 0 Å².